The second kappa shape index (κ2) is 5.51. The minimum atomic E-state index is -0.180. The number of rotatable bonds is 3. The SMILES string of the molecule is Cc1ccc(C)c(OCc2cc(Cl)cc3c2OC(C)(C)C3)c1. The van der Waals surface area contributed by atoms with Gasteiger partial charge in [0.2, 0.25) is 0 Å². The molecule has 0 saturated carbocycles. The molecule has 0 aliphatic carbocycles. The summed E-state index contributed by atoms with van der Waals surface area (Å²) in [7, 11) is 0. The van der Waals surface area contributed by atoms with E-state index in [1.807, 2.05) is 12.1 Å². The maximum absolute atomic E-state index is 6.25. The zero-order valence-electron chi connectivity index (χ0n) is 13.5. The molecule has 0 spiro atoms. The molecule has 1 heterocycles. The molecule has 1 aliphatic heterocycles. The smallest absolute Gasteiger partial charge is 0.130 e. The van der Waals surface area contributed by atoms with Gasteiger partial charge in [0.25, 0.3) is 0 Å². The van der Waals surface area contributed by atoms with Gasteiger partial charge in [-0.25, -0.2) is 0 Å². The van der Waals surface area contributed by atoms with Crippen LogP contribution in [0.5, 0.6) is 11.5 Å². The van der Waals surface area contributed by atoms with Crippen molar-refractivity contribution in [3.05, 3.63) is 57.6 Å². The number of fused-ring (bicyclic) bond motifs is 1. The molecular formula is C19H21ClO2. The number of ether oxygens (including phenoxy) is 2. The summed E-state index contributed by atoms with van der Waals surface area (Å²) in [4.78, 5) is 0. The summed E-state index contributed by atoms with van der Waals surface area (Å²) in [6.45, 7) is 8.77. The van der Waals surface area contributed by atoms with Crippen LogP contribution in [0.2, 0.25) is 5.02 Å². The molecule has 2 nitrogen and oxygen atoms in total. The van der Waals surface area contributed by atoms with Gasteiger partial charge in [-0.3, -0.25) is 0 Å². The van der Waals surface area contributed by atoms with Gasteiger partial charge in [0.05, 0.1) is 0 Å². The fourth-order valence-electron chi connectivity index (χ4n) is 2.87. The van der Waals surface area contributed by atoms with Crippen molar-refractivity contribution in [2.24, 2.45) is 0 Å². The Labute approximate surface area is 137 Å². The highest BCUT2D eigenvalue weighted by atomic mass is 35.5. The van der Waals surface area contributed by atoms with Gasteiger partial charge in [-0.15, -0.1) is 0 Å². The van der Waals surface area contributed by atoms with Crippen LogP contribution < -0.4 is 9.47 Å². The average Bonchev–Trinajstić information content (AvgIpc) is 2.73. The number of halogens is 1. The van der Waals surface area contributed by atoms with E-state index >= 15 is 0 Å². The Hall–Kier alpha value is -1.67. The van der Waals surface area contributed by atoms with Crippen molar-refractivity contribution >= 4 is 11.6 Å². The summed E-state index contributed by atoms with van der Waals surface area (Å²) in [6.07, 6.45) is 0.874. The van der Waals surface area contributed by atoms with E-state index < -0.39 is 0 Å². The molecular weight excluding hydrogens is 296 g/mol. The molecule has 0 saturated heterocycles. The summed E-state index contributed by atoms with van der Waals surface area (Å²) in [5.74, 6) is 1.84. The number of aryl methyl sites for hydroxylation is 2. The molecule has 0 bridgehead atoms. The third-order valence-electron chi connectivity index (χ3n) is 3.93. The largest absolute Gasteiger partial charge is 0.488 e. The lowest BCUT2D eigenvalue weighted by atomic mass is 10.0. The molecule has 2 aromatic carbocycles. The quantitative estimate of drug-likeness (QED) is 0.770. The van der Waals surface area contributed by atoms with Gasteiger partial charge in [-0.2, -0.15) is 0 Å². The van der Waals surface area contributed by atoms with Crippen LogP contribution in [0.4, 0.5) is 0 Å². The topological polar surface area (TPSA) is 18.5 Å². The standard InChI is InChI=1S/C19H21ClO2/c1-12-5-6-13(2)17(7-12)21-11-15-9-16(20)8-14-10-19(3,4)22-18(14)15/h5-9H,10-11H2,1-4H3. The van der Waals surface area contributed by atoms with Crippen LogP contribution in [-0.4, -0.2) is 5.60 Å². The Bertz CT molecular complexity index is 720. The third kappa shape index (κ3) is 3.07. The van der Waals surface area contributed by atoms with Gasteiger partial charge in [0.15, 0.2) is 0 Å². The Morgan fingerprint density at radius 2 is 1.95 bits per heavy atom. The van der Waals surface area contributed by atoms with Crippen LogP contribution in [0.1, 0.15) is 36.1 Å². The predicted octanol–water partition coefficient (Wildman–Crippen LogP) is 5.25. The van der Waals surface area contributed by atoms with E-state index in [2.05, 4.69) is 45.9 Å². The highest BCUT2D eigenvalue weighted by Gasteiger charge is 2.32. The number of hydrogen-bond acceptors (Lipinski definition) is 2. The first-order chi connectivity index (χ1) is 10.3. The van der Waals surface area contributed by atoms with E-state index in [1.165, 1.54) is 5.56 Å². The van der Waals surface area contributed by atoms with Gasteiger partial charge in [-0.05, 0) is 62.6 Å². The molecule has 3 rings (SSSR count). The van der Waals surface area contributed by atoms with Crippen LogP contribution in [0.25, 0.3) is 0 Å². The van der Waals surface area contributed by atoms with E-state index in [9.17, 15) is 0 Å². The predicted molar refractivity (Wildman–Crippen MR) is 90.1 cm³/mol. The Balaban J connectivity index is 1.86. The zero-order valence-corrected chi connectivity index (χ0v) is 14.3. The van der Waals surface area contributed by atoms with Gasteiger partial charge in [0.1, 0.15) is 23.7 Å². The number of benzene rings is 2. The normalized spacial score (nSPS) is 15.3. The second-order valence-corrected chi connectivity index (χ2v) is 7.09. The van der Waals surface area contributed by atoms with E-state index in [1.54, 1.807) is 0 Å². The summed E-state index contributed by atoms with van der Waals surface area (Å²) in [5, 5.41) is 0.736. The second-order valence-electron chi connectivity index (χ2n) is 6.65. The lowest BCUT2D eigenvalue weighted by Gasteiger charge is -2.18. The maximum atomic E-state index is 6.25. The van der Waals surface area contributed by atoms with Crippen molar-refractivity contribution in [1.29, 1.82) is 0 Å². The molecule has 2 aromatic rings. The van der Waals surface area contributed by atoms with Crippen LogP contribution in [-0.2, 0) is 13.0 Å². The van der Waals surface area contributed by atoms with Crippen LogP contribution in [0.3, 0.4) is 0 Å². The van der Waals surface area contributed by atoms with Crippen LogP contribution in [0.15, 0.2) is 30.3 Å². The van der Waals surface area contributed by atoms with Gasteiger partial charge in [-0.1, -0.05) is 23.7 Å². The van der Waals surface area contributed by atoms with Crippen LogP contribution in [0, 0.1) is 13.8 Å². The third-order valence-corrected chi connectivity index (χ3v) is 4.15. The minimum absolute atomic E-state index is 0.180. The van der Waals surface area contributed by atoms with Gasteiger partial charge in [0, 0.05) is 17.0 Å². The molecule has 0 atom stereocenters. The monoisotopic (exact) mass is 316 g/mol. The molecule has 0 amide bonds. The fourth-order valence-corrected chi connectivity index (χ4v) is 3.13. The molecule has 22 heavy (non-hydrogen) atoms. The lowest BCUT2D eigenvalue weighted by Crippen LogP contribution is -2.25. The van der Waals surface area contributed by atoms with E-state index in [0.717, 1.165) is 39.6 Å². The summed E-state index contributed by atoms with van der Waals surface area (Å²) in [6, 6.07) is 10.2. The Kier molecular flexibility index (Phi) is 3.82. The first kappa shape index (κ1) is 15.2. The maximum Gasteiger partial charge on any atom is 0.130 e. The van der Waals surface area contributed by atoms with E-state index in [0.29, 0.717) is 6.61 Å². The minimum Gasteiger partial charge on any atom is -0.488 e. The molecule has 0 N–H and O–H groups in total. The molecule has 116 valence electrons. The summed E-state index contributed by atoms with van der Waals surface area (Å²) >= 11 is 6.25. The summed E-state index contributed by atoms with van der Waals surface area (Å²) in [5.41, 5.74) is 4.31. The van der Waals surface area contributed by atoms with Crippen LogP contribution >= 0.6 is 11.6 Å². The Morgan fingerprint density at radius 3 is 2.73 bits per heavy atom. The fraction of sp³-hybridized carbons (Fsp3) is 0.368. The van der Waals surface area contributed by atoms with E-state index in [-0.39, 0.29) is 5.60 Å². The van der Waals surface area contributed by atoms with Gasteiger partial charge >= 0.3 is 0 Å². The highest BCUT2D eigenvalue weighted by molar-refractivity contribution is 6.30. The van der Waals surface area contributed by atoms with E-state index in [4.69, 9.17) is 21.1 Å². The zero-order chi connectivity index (χ0) is 15.9. The molecule has 3 heteroatoms. The van der Waals surface area contributed by atoms with Crippen molar-refractivity contribution in [3.63, 3.8) is 0 Å². The molecule has 0 aromatic heterocycles. The molecule has 0 fully saturated rings. The lowest BCUT2D eigenvalue weighted by molar-refractivity contribution is 0.135. The molecule has 0 radical (unpaired) electrons. The first-order valence-electron chi connectivity index (χ1n) is 7.54. The average molecular weight is 317 g/mol. The highest BCUT2D eigenvalue weighted by Crippen LogP contribution is 2.40. The number of hydrogen-bond donors (Lipinski definition) is 0. The van der Waals surface area contributed by atoms with Crippen molar-refractivity contribution in [2.75, 3.05) is 0 Å². The van der Waals surface area contributed by atoms with Crippen molar-refractivity contribution < 1.29 is 9.47 Å². The van der Waals surface area contributed by atoms with Crippen molar-refractivity contribution in [1.82, 2.24) is 0 Å². The first-order valence-corrected chi connectivity index (χ1v) is 7.92. The molecule has 1 aliphatic rings. The van der Waals surface area contributed by atoms with Gasteiger partial charge < -0.3 is 9.47 Å². The Morgan fingerprint density at radius 1 is 1.18 bits per heavy atom. The summed E-state index contributed by atoms with van der Waals surface area (Å²) < 4.78 is 12.1. The van der Waals surface area contributed by atoms with Crippen molar-refractivity contribution in [2.45, 2.75) is 46.3 Å². The molecule has 0 unspecified atom stereocenters. The van der Waals surface area contributed by atoms with Crippen molar-refractivity contribution in [3.8, 4) is 11.5 Å².